The maximum atomic E-state index is 12.7. The number of thioether (sulfide) groups is 1. The number of benzene rings is 2. The van der Waals surface area contributed by atoms with Crippen LogP contribution in [-0.2, 0) is 0 Å². The van der Waals surface area contributed by atoms with Crippen molar-refractivity contribution in [2.45, 2.75) is 5.16 Å². The predicted molar refractivity (Wildman–Crippen MR) is 102 cm³/mol. The zero-order chi connectivity index (χ0) is 19.4. The van der Waals surface area contributed by atoms with Gasteiger partial charge in [0.1, 0.15) is 0 Å². The van der Waals surface area contributed by atoms with Crippen LogP contribution < -0.4 is 10.6 Å². The fourth-order valence-electron chi connectivity index (χ4n) is 2.43. The van der Waals surface area contributed by atoms with Crippen molar-refractivity contribution in [3.63, 3.8) is 0 Å². The second-order valence-electron chi connectivity index (χ2n) is 5.32. The molecule has 0 aliphatic heterocycles. The van der Waals surface area contributed by atoms with Gasteiger partial charge in [-0.2, -0.15) is 4.68 Å². The third kappa shape index (κ3) is 3.87. The van der Waals surface area contributed by atoms with E-state index in [1.165, 1.54) is 30.0 Å². The van der Waals surface area contributed by atoms with Gasteiger partial charge in [0.15, 0.2) is 0 Å². The van der Waals surface area contributed by atoms with Crippen molar-refractivity contribution >= 4 is 34.7 Å². The molecule has 3 rings (SSSR count). The number of non-ortho nitro benzene ring substituents is 1. The van der Waals surface area contributed by atoms with Crippen LogP contribution in [-0.4, -0.2) is 44.3 Å². The molecule has 10 nitrogen and oxygen atoms in total. The van der Waals surface area contributed by atoms with Crippen LogP contribution in [0.5, 0.6) is 0 Å². The largest absolute Gasteiger partial charge is 0.387 e. The first kappa shape index (κ1) is 18.3. The maximum Gasteiger partial charge on any atom is 0.270 e. The Bertz CT molecular complexity index is 1010. The molecule has 138 valence electrons. The van der Waals surface area contributed by atoms with Gasteiger partial charge in [-0.05, 0) is 40.9 Å². The van der Waals surface area contributed by atoms with E-state index in [9.17, 15) is 14.9 Å². The zero-order valence-electron chi connectivity index (χ0n) is 14.4. The average molecular weight is 385 g/mol. The van der Waals surface area contributed by atoms with E-state index in [0.29, 0.717) is 22.2 Å². The summed E-state index contributed by atoms with van der Waals surface area (Å²) in [6, 6.07) is 11.0. The van der Waals surface area contributed by atoms with Gasteiger partial charge in [0.25, 0.3) is 11.6 Å². The van der Waals surface area contributed by atoms with Crippen molar-refractivity contribution in [2.24, 2.45) is 0 Å². The van der Waals surface area contributed by atoms with Gasteiger partial charge < -0.3 is 10.6 Å². The molecule has 1 aromatic heterocycles. The van der Waals surface area contributed by atoms with Gasteiger partial charge in [-0.25, -0.2) is 0 Å². The molecule has 11 heteroatoms. The van der Waals surface area contributed by atoms with Crippen LogP contribution >= 0.6 is 11.8 Å². The molecule has 2 aromatic carbocycles. The minimum Gasteiger partial charge on any atom is -0.387 e. The fourth-order valence-corrected chi connectivity index (χ4v) is 2.87. The number of carbonyl (C=O) groups is 1. The molecule has 0 saturated heterocycles. The molecule has 1 heterocycles. The normalized spacial score (nSPS) is 10.4. The van der Waals surface area contributed by atoms with E-state index in [4.69, 9.17) is 0 Å². The van der Waals surface area contributed by atoms with E-state index in [1.54, 1.807) is 36.0 Å². The Hall–Kier alpha value is -3.47. The Morgan fingerprint density at radius 3 is 2.78 bits per heavy atom. The Labute approximate surface area is 158 Å². The summed E-state index contributed by atoms with van der Waals surface area (Å²) >= 11 is 1.39. The van der Waals surface area contributed by atoms with Crippen LogP contribution in [0.1, 0.15) is 10.4 Å². The number of amides is 1. The van der Waals surface area contributed by atoms with Crippen LogP contribution in [0, 0.1) is 10.1 Å². The molecular formula is C16H15N7O3S. The van der Waals surface area contributed by atoms with Gasteiger partial charge in [0, 0.05) is 30.6 Å². The molecule has 0 aliphatic carbocycles. The van der Waals surface area contributed by atoms with Crippen LogP contribution in [0.2, 0.25) is 0 Å². The summed E-state index contributed by atoms with van der Waals surface area (Å²) in [5.74, 6) is -0.470. The van der Waals surface area contributed by atoms with Crippen molar-refractivity contribution in [3.8, 4) is 5.69 Å². The SMILES string of the molecule is CNc1ccc([N+](=O)[O-])cc1C(=O)Nc1cccc(-n2nnnc2SC)c1. The Morgan fingerprint density at radius 2 is 2.07 bits per heavy atom. The highest BCUT2D eigenvalue weighted by molar-refractivity contribution is 7.98. The van der Waals surface area contributed by atoms with Crippen molar-refractivity contribution in [1.82, 2.24) is 20.2 Å². The standard InChI is InChI=1S/C16H15N7O3S/c1-17-14-7-6-12(23(25)26)9-13(14)15(24)18-10-4-3-5-11(8-10)22-16(27-2)19-20-21-22/h3-9,17H,1-2H3,(H,18,24). The van der Waals surface area contributed by atoms with E-state index in [0.717, 1.165) is 0 Å². The first-order valence-electron chi connectivity index (χ1n) is 7.74. The number of nitro benzene ring substituents is 1. The Morgan fingerprint density at radius 1 is 1.26 bits per heavy atom. The van der Waals surface area contributed by atoms with E-state index < -0.39 is 10.8 Å². The topological polar surface area (TPSA) is 128 Å². The Balaban J connectivity index is 1.90. The Kier molecular flexibility index (Phi) is 5.31. The number of aromatic nitrogens is 4. The monoisotopic (exact) mass is 385 g/mol. The smallest absolute Gasteiger partial charge is 0.270 e. The molecule has 0 spiro atoms. The van der Waals surface area contributed by atoms with Crippen LogP contribution in [0.15, 0.2) is 47.6 Å². The number of nitro groups is 1. The number of nitrogens with one attached hydrogen (secondary N) is 2. The summed E-state index contributed by atoms with van der Waals surface area (Å²) in [5, 5.41) is 28.7. The number of hydrogen-bond donors (Lipinski definition) is 2. The molecule has 27 heavy (non-hydrogen) atoms. The molecule has 0 atom stereocenters. The molecule has 0 radical (unpaired) electrons. The molecule has 0 aliphatic rings. The highest BCUT2D eigenvalue weighted by atomic mass is 32.2. The molecule has 2 N–H and O–H groups in total. The molecular weight excluding hydrogens is 370 g/mol. The van der Waals surface area contributed by atoms with E-state index in [1.807, 2.05) is 6.26 Å². The number of anilines is 2. The van der Waals surface area contributed by atoms with Gasteiger partial charge in [0.2, 0.25) is 5.16 Å². The van der Waals surface area contributed by atoms with Crippen LogP contribution in [0.25, 0.3) is 5.69 Å². The van der Waals surface area contributed by atoms with Crippen molar-refractivity contribution in [2.75, 3.05) is 23.9 Å². The molecule has 0 saturated carbocycles. The third-order valence-electron chi connectivity index (χ3n) is 3.70. The minimum absolute atomic E-state index is 0.161. The highest BCUT2D eigenvalue weighted by Crippen LogP contribution is 2.24. The van der Waals surface area contributed by atoms with Crippen LogP contribution in [0.4, 0.5) is 17.1 Å². The number of nitrogens with zero attached hydrogens (tertiary/aromatic N) is 5. The first-order chi connectivity index (χ1) is 13.0. The molecule has 1 amide bonds. The molecule has 0 bridgehead atoms. The zero-order valence-corrected chi connectivity index (χ0v) is 15.2. The summed E-state index contributed by atoms with van der Waals surface area (Å²) in [4.78, 5) is 23.1. The lowest BCUT2D eigenvalue weighted by Crippen LogP contribution is -2.14. The third-order valence-corrected chi connectivity index (χ3v) is 4.32. The summed E-state index contributed by atoms with van der Waals surface area (Å²) < 4.78 is 1.55. The fraction of sp³-hybridized carbons (Fsp3) is 0.125. The van der Waals surface area contributed by atoms with Gasteiger partial charge >= 0.3 is 0 Å². The van der Waals surface area contributed by atoms with Crippen molar-refractivity contribution in [3.05, 3.63) is 58.1 Å². The summed E-state index contributed by atoms with van der Waals surface area (Å²) in [6.45, 7) is 0. The average Bonchev–Trinajstić information content (AvgIpc) is 3.16. The number of carbonyl (C=O) groups excluding carboxylic acids is 1. The lowest BCUT2D eigenvalue weighted by atomic mass is 10.1. The number of tetrazole rings is 1. The number of hydrogen-bond acceptors (Lipinski definition) is 8. The highest BCUT2D eigenvalue weighted by Gasteiger charge is 2.17. The number of rotatable bonds is 6. The lowest BCUT2D eigenvalue weighted by molar-refractivity contribution is -0.384. The van der Waals surface area contributed by atoms with E-state index in [2.05, 4.69) is 26.2 Å². The summed E-state index contributed by atoms with van der Waals surface area (Å²) in [7, 11) is 1.64. The quantitative estimate of drug-likeness (QED) is 0.376. The summed E-state index contributed by atoms with van der Waals surface area (Å²) in [5.41, 5.74) is 1.68. The lowest BCUT2D eigenvalue weighted by Gasteiger charge is -2.11. The summed E-state index contributed by atoms with van der Waals surface area (Å²) in [6.07, 6.45) is 1.86. The molecule has 0 fully saturated rings. The second kappa shape index (κ2) is 7.83. The van der Waals surface area contributed by atoms with Crippen LogP contribution in [0.3, 0.4) is 0 Å². The minimum atomic E-state index is -0.543. The predicted octanol–water partition coefficient (Wildman–Crippen LogP) is 2.59. The molecule has 3 aromatic rings. The molecule has 0 unspecified atom stereocenters. The van der Waals surface area contributed by atoms with Crippen molar-refractivity contribution < 1.29 is 9.72 Å². The van der Waals surface area contributed by atoms with Gasteiger partial charge in [-0.1, -0.05) is 17.8 Å². The van der Waals surface area contributed by atoms with Crippen molar-refractivity contribution in [1.29, 1.82) is 0 Å². The van der Waals surface area contributed by atoms with Gasteiger partial charge in [-0.15, -0.1) is 5.10 Å². The van der Waals surface area contributed by atoms with E-state index in [-0.39, 0.29) is 11.3 Å². The van der Waals surface area contributed by atoms with E-state index >= 15 is 0 Å². The second-order valence-corrected chi connectivity index (χ2v) is 6.09. The maximum absolute atomic E-state index is 12.7. The first-order valence-corrected chi connectivity index (χ1v) is 8.96. The van der Waals surface area contributed by atoms with Gasteiger partial charge in [-0.3, -0.25) is 14.9 Å². The van der Waals surface area contributed by atoms with Gasteiger partial charge in [0.05, 0.1) is 16.2 Å².